The van der Waals surface area contributed by atoms with Gasteiger partial charge in [-0.05, 0) is 17.5 Å². The molecule has 0 aliphatic carbocycles. The summed E-state index contributed by atoms with van der Waals surface area (Å²) in [6.07, 6.45) is -1.40. The lowest BCUT2D eigenvalue weighted by Crippen LogP contribution is -2.34. The summed E-state index contributed by atoms with van der Waals surface area (Å²) in [5, 5.41) is 21.0. The van der Waals surface area contributed by atoms with Gasteiger partial charge < -0.3 is 14.8 Å². The highest BCUT2D eigenvalue weighted by atomic mass is 16.7. The van der Waals surface area contributed by atoms with E-state index in [0.717, 1.165) is 10.9 Å². The summed E-state index contributed by atoms with van der Waals surface area (Å²) >= 11 is 0. The Kier molecular flexibility index (Phi) is 3.38. The SMILES string of the molecule is CN1O[C@H](C(=O)O)[C@@H](C(=O)O)[C@@H]1c1cc2ccccc2n1C. The van der Waals surface area contributed by atoms with Crippen molar-refractivity contribution in [3.8, 4) is 0 Å². The number of para-hydroxylation sites is 1. The van der Waals surface area contributed by atoms with Crippen molar-refractivity contribution in [2.75, 3.05) is 7.05 Å². The number of rotatable bonds is 3. The molecular formula is C15H16N2O5. The Labute approximate surface area is 126 Å². The van der Waals surface area contributed by atoms with E-state index in [1.807, 2.05) is 41.9 Å². The highest BCUT2D eigenvalue weighted by Gasteiger charge is 2.51. The molecule has 1 fully saturated rings. The monoisotopic (exact) mass is 304 g/mol. The van der Waals surface area contributed by atoms with Gasteiger partial charge in [0.15, 0.2) is 6.10 Å². The molecular weight excluding hydrogens is 288 g/mol. The van der Waals surface area contributed by atoms with Crippen LogP contribution in [-0.4, -0.2) is 44.9 Å². The third-order valence-electron chi connectivity index (χ3n) is 4.16. The molecule has 1 aromatic carbocycles. The van der Waals surface area contributed by atoms with E-state index in [-0.39, 0.29) is 0 Å². The van der Waals surface area contributed by atoms with Crippen molar-refractivity contribution < 1.29 is 24.6 Å². The van der Waals surface area contributed by atoms with E-state index < -0.39 is 30.0 Å². The van der Waals surface area contributed by atoms with Crippen molar-refractivity contribution >= 4 is 22.8 Å². The van der Waals surface area contributed by atoms with E-state index in [2.05, 4.69) is 0 Å². The Bertz CT molecular complexity index is 753. The van der Waals surface area contributed by atoms with Gasteiger partial charge in [0, 0.05) is 25.3 Å². The van der Waals surface area contributed by atoms with E-state index in [1.54, 1.807) is 7.05 Å². The number of nitrogens with zero attached hydrogens (tertiary/aromatic N) is 2. The quantitative estimate of drug-likeness (QED) is 0.886. The minimum atomic E-state index is -1.40. The second-order valence-corrected chi connectivity index (χ2v) is 5.41. The molecule has 0 radical (unpaired) electrons. The van der Waals surface area contributed by atoms with Gasteiger partial charge >= 0.3 is 11.9 Å². The number of hydrogen-bond donors (Lipinski definition) is 2. The van der Waals surface area contributed by atoms with E-state index in [0.29, 0.717) is 5.69 Å². The smallest absolute Gasteiger partial charge is 0.335 e. The summed E-state index contributed by atoms with van der Waals surface area (Å²) in [5.74, 6) is -3.64. The first-order valence-electron chi connectivity index (χ1n) is 6.81. The Morgan fingerprint density at radius 3 is 2.41 bits per heavy atom. The highest BCUT2D eigenvalue weighted by molar-refractivity contribution is 5.85. The Balaban J connectivity index is 2.13. The first-order valence-corrected chi connectivity index (χ1v) is 6.81. The number of aryl methyl sites for hydroxylation is 1. The van der Waals surface area contributed by atoms with Crippen molar-refractivity contribution in [2.45, 2.75) is 12.1 Å². The normalized spacial score (nSPS) is 25.6. The Morgan fingerprint density at radius 1 is 1.14 bits per heavy atom. The lowest BCUT2D eigenvalue weighted by Gasteiger charge is -2.21. The number of aromatic nitrogens is 1. The fraction of sp³-hybridized carbons (Fsp3) is 0.333. The summed E-state index contributed by atoms with van der Waals surface area (Å²) < 4.78 is 1.88. The van der Waals surface area contributed by atoms with Gasteiger partial charge in [-0.15, -0.1) is 0 Å². The van der Waals surface area contributed by atoms with Crippen molar-refractivity contribution in [2.24, 2.45) is 13.0 Å². The molecule has 0 unspecified atom stereocenters. The van der Waals surface area contributed by atoms with Crippen LogP contribution in [0.2, 0.25) is 0 Å². The molecule has 0 amide bonds. The number of hydrogen-bond acceptors (Lipinski definition) is 4. The molecule has 1 aliphatic heterocycles. The van der Waals surface area contributed by atoms with Crippen LogP contribution < -0.4 is 0 Å². The van der Waals surface area contributed by atoms with Crippen LogP contribution in [0, 0.1) is 5.92 Å². The van der Waals surface area contributed by atoms with Crippen LogP contribution in [0.1, 0.15) is 11.7 Å². The van der Waals surface area contributed by atoms with Gasteiger partial charge in [0.05, 0.1) is 6.04 Å². The molecule has 2 N–H and O–H groups in total. The van der Waals surface area contributed by atoms with Crippen LogP contribution in [-0.2, 0) is 21.5 Å². The third kappa shape index (κ3) is 2.06. The number of carbonyl (C=O) groups is 2. The zero-order valence-corrected chi connectivity index (χ0v) is 12.1. The summed E-state index contributed by atoms with van der Waals surface area (Å²) in [6, 6.07) is 8.86. The van der Waals surface area contributed by atoms with Crippen molar-refractivity contribution in [1.82, 2.24) is 9.63 Å². The molecule has 116 valence electrons. The molecule has 0 saturated carbocycles. The Morgan fingerprint density at radius 2 is 1.82 bits per heavy atom. The van der Waals surface area contributed by atoms with Crippen LogP contribution >= 0.6 is 0 Å². The lowest BCUT2D eigenvalue weighted by atomic mass is 9.92. The minimum Gasteiger partial charge on any atom is -0.481 e. The fourth-order valence-corrected chi connectivity index (χ4v) is 3.13. The van der Waals surface area contributed by atoms with E-state index in [1.165, 1.54) is 5.06 Å². The number of aliphatic carboxylic acids is 2. The standard InChI is InChI=1S/C15H16N2O5/c1-16-9-6-4-3-5-8(9)7-10(16)12-11(14(18)19)13(15(20)21)22-17(12)2/h3-7,11-13H,1-2H3,(H,18,19)(H,20,21)/t11-,12-,13-/m0/s1. The average Bonchev–Trinajstić information content (AvgIpc) is 2.97. The van der Waals surface area contributed by atoms with Crippen LogP contribution in [0.5, 0.6) is 0 Å². The molecule has 0 spiro atoms. The number of carboxylic acids is 2. The van der Waals surface area contributed by atoms with Gasteiger partial charge in [0.2, 0.25) is 0 Å². The van der Waals surface area contributed by atoms with Crippen LogP contribution in [0.3, 0.4) is 0 Å². The maximum absolute atomic E-state index is 11.6. The van der Waals surface area contributed by atoms with Crippen LogP contribution in [0.15, 0.2) is 30.3 Å². The molecule has 2 aromatic rings. The highest BCUT2D eigenvalue weighted by Crippen LogP contribution is 2.40. The minimum absolute atomic E-state index is 0.670. The summed E-state index contributed by atoms with van der Waals surface area (Å²) in [5.41, 5.74) is 1.66. The van der Waals surface area contributed by atoms with Gasteiger partial charge in [-0.1, -0.05) is 18.2 Å². The van der Waals surface area contributed by atoms with Crippen LogP contribution in [0.25, 0.3) is 10.9 Å². The maximum Gasteiger partial charge on any atom is 0.335 e. The molecule has 1 aromatic heterocycles. The first-order chi connectivity index (χ1) is 10.4. The molecule has 22 heavy (non-hydrogen) atoms. The van der Waals surface area contributed by atoms with E-state index in [4.69, 9.17) is 4.84 Å². The van der Waals surface area contributed by atoms with Gasteiger partial charge in [0.1, 0.15) is 5.92 Å². The topological polar surface area (TPSA) is 92.0 Å². The summed E-state index contributed by atoms with van der Waals surface area (Å²) in [4.78, 5) is 28.1. The molecule has 2 heterocycles. The molecule has 3 atom stereocenters. The predicted octanol–water partition coefficient (Wildman–Crippen LogP) is 1.25. The second-order valence-electron chi connectivity index (χ2n) is 5.41. The van der Waals surface area contributed by atoms with Crippen molar-refractivity contribution in [3.63, 3.8) is 0 Å². The number of carboxylic acid groups (broad SMARTS) is 2. The second kappa shape index (κ2) is 5.11. The number of hydroxylamine groups is 2. The maximum atomic E-state index is 11.6. The molecule has 7 nitrogen and oxygen atoms in total. The molecule has 7 heteroatoms. The van der Waals surface area contributed by atoms with Gasteiger partial charge in [-0.3, -0.25) is 9.63 Å². The Hall–Kier alpha value is -2.38. The lowest BCUT2D eigenvalue weighted by molar-refractivity contribution is -0.179. The third-order valence-corrected chi connectivity index (χ3v) is 4.16. The average molecular weight is 304 g/mol. The summed E-state index contributed by atoms with van der Waals surface area (Å²) in [7, 11) is 3.39. The molecule has 1 aliphatic rings. The first kappa shape index (κ1) is 14.6. The summed E-state index contributed by atoms with van der Waals surface area (Å²) in [6.45, 7) is 0. The van der Waals surface area contributed by atoms with Gasteiger partial charge in [-0.25, -0.2) is 4.79 Å². The van der Waals surface area contributed by atoms with Gasteiger partial charge in [0.25, 0.3) is 0 Å². The molecule has 0 bridgehead atoms. The zero-order chi connectivity index (χ0) is 16.0. The van der Waals surface area contributed by atoms with E-state index in [9.17, 15) is 19.8 Å². The molecule has 1 saturated heterocycles. The van der Waals surface area contributed by atoms with Crippen molar-refractivity contribution in [3.05, 3.63) is 36.0 Å². The fourth-order valence-electron chi connectivity index (χ4n) is 3.13. The van der Waals surface area contributed by atoms with Crippen LogP contribution in [0.4, 0.5) is 0 Å². The largest absolute Gasteiger partial charge is 0.481 e. The number of fused-ring (bicyclic) bond motifs is 1. The van der Waals surface area contributed by atoms with E-state index >= 15 is 0 Å². The number of benzene rings is 1. The van der Waals surface area contributed by atoms with Gasteiger partial charge in [-0.2, -0.15) is 5.06 Å². The predicted molar refractivity (Wildman–Crippen MR) is 77.1 cm³/mol. The van der Waals surface area contributed by atoms with Crippen molar-refractivity contribution in [1.29, 1.82) is 0 Å². The zero-order valence-electron chi connectivity index (χ0n) is 12.1. The molecule has 3 rings (SSSR count).